The summed E-state index contributed by atoms with van der Waals surface area (Å²) in [6, 6.07) is 6.27. The van der Waals surface area contributed by atoms with E-state index in [4.69, 9.17) is 9.47 Å². The minimum Gasteiger partial charge on any atom is -0.490 e. The van der Waals surface area contributed by atoms with Crippen LogP contribution in [0.25, 0.3) is 0 Å². The van der Waals surface area contributed by atoms with Crippen LogP contribution in [0.5, 0.6) is 17.2 Å². The van der Waals surface area contributed by atoms with Crippen LogP contribution in [0.15, 0.2) is 43.0 Å². The molecule has 11 heteroatoms. The number of fused-ring (bicyclic) bond motifs is 1. The Morgan fingerprint density at radius 1 is 1.12 bits per heavy atom. The Bertz CT molecular complexity index is 1450. The van der Waals surface area contributed by atoms with Gasteiger partial charge in [0.1, 0.15) is 29.7 Å². The Morgan fingerprint density at radius 3 is 2.68 bits per heavy atom. The van der Waals surface area contributed by atoms with Crippen LogP contribution in [0.1, 0.15) is 61.1 Å². The molecule has 4 aliphatic rings. The number of rotatable bonds is 8. The molecule has 2 aromatic heterocycles. The van der Waals surface area contributed by atoms with Crippen LogP contribution in [0, 0.1) is 11.2 Å². The number of carbonyl (C=O) groups excluding carboxylic acids is 1. The number of hydrogen-bond donors (Lipinski definition) is 1. The van der Waals surface area contributed by atoms with Gasteiger partial charge in [-0.25, -0.2) is 14.4 Å². The molecule has 1 spiro atoms. The van der Waals surface area contributed by atoms with E-state index in [-0.39, 0.29) is 47.5 Å². The first-order valence-electron chi connectivity index (χ1n) is 14.1. The van der Waals surface area contributed by atoms with Crippen molar-refractivity contribution in [2.45, 2.75) is 70.8 Å². The fourth-order valence-corrected chi connectivity index (χ4v) is 6.42. The molecular formula is C30H34ClFN6O3. The largest absolute Gasteiger partial charge is 0.490 e. The molecule has 4 heterocycles. The average Bonchev–Trinajstić information content (AvgIpc) is 3.60. The molecule has 1 amide bonds. The van der Waals surface area contributed by atoms with Crippen LogP contribution in [0.2, 0.25) is 0 Å². The number of pyridine rings is 1. The van der Waals surface area contributed by atoms with Gasteiger partial charge in [0, 0.05) is 55.4 Å². The summed E-state index contributed by atoms with van der Waals surface area (Å²) < 4.78 is 26.9. The third-order valence-electron chi connectivity index (χ3n) is 8.45. The second-order valence-corrected chi connectivity index (χ2v) is 11.8. The Balaban J connectivity index is 0.00000302. The van der Waals surface area contributed by atoms with Crippen molar-refractivity contribution in [3.8, 4) is 17.2 Å². The quantitative estimate of drug-likeness (QED) is 0.403. The van der Waals surface area contributed by atoms with E-state index in [1.54, 1.807) is 6.20 Å². The highest BCUT2D eigenvalue weighted by atomic mass is 35.5. The predicted molar refractivity (Wildman–Crippen MR) is 153 cm³/mol. The molecule has 3 fully saturated rings. The number of nitrogens with one attached hydrogen (secondary N) is 1. The topological polar surface area (TPSA) is 92.7 Å². The fourth-order valence-electron chi connectivity index (χ4n) is 6.42. The van der Waals surface area contributed by atoms with Crippen molar-refractivity contribution >= 4 is 24.1 Å². The molecule has 7 rings (SSSR count). The van der Waals surface area contributed by atoms with E-state index in [9.17, 15) is 9.18 Å². The van der Waals surface area contributed by atoms with Gasteiger partial charge in [0.25, 0.3) is 5.91 Å². The number of nitrogens with zero attached hydrogens (tertiary/aromatic N) is 5. The van der Waals surface area contributed by atoms with E-state index >= 15 is 0 Å². The fraction of sp³-hybridized carbons (Fsp3) is 0.467. The zero-order chi connectivity index (χ0) is 27.4. The molecule has 0 radical (unpaired) electrons. The van der Waals surface area contributed by atoms with Crippen LogP contribution < -0.4 is 19.7 Å². The Labute approximate surface area is 244 Å². The maximum Gasteiger partial charge on any atom is 0.258 e. The lowest BCUT2D eigenvalue weighted by atomic mass is 9.61. The molecule has 0 atom stereocenters. The summed E-state index contributed by atoms with van der Waals surface area (Å²) in [7, 11) is 0. The zero-order valence-corrected chi connectivity index (χ0v) is 24.0. The summed E-state index contributed by atoms with van der Waals surface area (Å²) in [6.45, 7) is 7.25. The Hall–Kier alpha value is -3.50. The lowest BCUT2D eigenvalue weighted by Gasteiger charge is -2.58. The lowest BCUT2D eigenvalue weighted by molar-refractivity contribution is -0.0348. The van der Waals surface area contributed by atoms with E-state index in [2.05, 4.69) is 25.2 Å². The minimum atomic E-state index is -0.473. The summed E-state index contributed by atoms with van der Waals surface area (Å²) in [5, 5.41) is 3.34. The van der Waals surface area contributed by atoms with Gasteiger partial charge in [-0.3, -0.25) is 9.78 Å². The van der Waals surface area contributed by atoms with Gasteiger partial charge < -0.3 is 24.6 Å². The lowest BCUT2D eigenvalue weighted by Crippen LogP contribution is -2.65. The molecule has 3 aromatic rings. The third kappa shape index (κ3) is 5.19. The number of hydrogen-bond acceptors (Lipinski definition) is 8. The Morgan fingerprint density at radius 2 is 1.93 bits per heavy atom. The second-order valence-electron chi connectivity index (χ2n) is 11.8. The van der Waals surface area contributed by atoms with E-state index in [0.717, 1.165) is 63.3 Å². The predicted octanol–water partition coefficient (Wildman–Crippen LogP) is 4.89. The number of aromatic nitrogens is 3. The highest BCUT2D eigenvalue weighted by Crippen LogP contribution is 2.52. The van der Waals surface area contributed by atoms with Crippen molar-refractivity contribution in [1.29, 1.82) is 0 Å². The van der Waals surface area contributed by atoms with Crippen molar-refractivity contribution in [2.24, 2.45) is 5.41 Å². The van der Waals surface area contributed by atoms with Crippen LogP contribution in [0.3, 0.4) is 0 Å². The normalized spacial score (nSPS) is 18.8. The molecule has 1 aromatic carbocycles. The molecule has 216 valence electrons. The summed E-state index contributed by atoms with van der Waals surface area (Å²) >= 11 is 0. The van der Waals surface area contributed by atoms with Crippen molar-refractivity contribution in [1.82, 2.24) is 25.2 Å². The highest BCUT2D eigenvalue weighted by Gasteiger charge is 2.54. The van der Waals surface area contributed by atoms with E-state index < -0.39 is 5.82 Å². The summed E-state index contributed by atoms with van der Waals surface area (Å²) in [4.78, 5) is 30.6. The van der Waals surface area contributed by atoms with E-state index in [1.165, 1.54) is 30.1 Å². The number of benzene rings is 1. The third-order valence-corrected chi connectivity index (χ3v) is 8.45. The monoisotopic (exact) mass is 580 g/mol. The first kappa shape index (κ1) is 27.7. The average molecular weight is 581 g/mol. The maximum atomic E-state index is 14.3. The molecule has 41 heavy (non-hydrogen) atoms. The SMILES string of the molecule is CC(C)N(C(=O)c1cc(F)ccc1Oc1cncnc1N1CC2(CC(Oc3ccnc4c3CNC4)C2)C1)C1CC1.Cl. The Kier molecular flexibility index (Phi) is 7.23. The number of ether oxygens (including phenoxy) is 2. The standard InChI is InChI=1S/C30H33FN6O3.ClH/c1-18(2)37(20-4-5-20)29(38)22-9-19(31)3-6-25(22)40-27-14-33-17-35-28(27)36-15-30(16-36)10-21(11-30)39-26-7-8-34-24-13-32-12-23(24)26;/h3,6-9,14,17-18,20-21,32H,4-5,10-13,15-16H2,1-2H3;1H. The van der Waals surface area contributed by atoms with Crippen LogP contribution >= 0.6 is 12.4 Å². The van der Waals surface area contributed by atoms with Gasteiger partial charge in [0.15, 0.2) is 11.6 Å². The molecule has 2 saturated carbocycles. The van der Waals surface area contributed by atoms with Crippen LogP contribution in [-0.2, 0) is 13.1 Å². The molecule has 2 aliphatic heterocycles. The van der Waals surface area contributed by atoms with E-state index in [0.29, 0.717) is 17.3 Å². The molecule has 1 N–H and O–H groups in total. The van der Waals surface area contributed by atoms with Crippen LogP contribution in [-0.4, -0.2) is 57.0 Å². The van der Waals surface area contributed by atoms with Crippen molar-refractivity contribution in [2.75, 3.05) is 18.0 Å². The highest BCUT2D eigenvalue weighted by molar-refractivity contribution is 5.97. The van der Waals surface area contributed by atoms with Gasteiger partial charge in [-0.2, -0.15) is 0 Å². The molecule has 0 unspecified atom stereocenters. The van der Waals surface area contributed by atoms with Crippen molar-refractivity contribution in [3.63, 3.8) is 0 Å². The van der Waals surface area contributed by atoms with Crippen molar-refractivity contribution < 1.29 is 18.7 Å². The maximum absolute atomic E-state index is 14.3. The molecule has 2 aliphatic carbocycles. The first-order valence-corrected chi connectivity index (χ1v) is 14.1. The van der Waals surface area contributed by atoms with Gasteiger partial charge in [-0.05, 0) is 63.8 Å². The smallest absolute Gasteiger partial charge is 0.258 e. The van der Waals surface area contributed by atoms with Gasteiger partial charge in [0.05, 0.1) is 17.5 Å². The number of amides is 1. The first-order chi connectivity index (χ1) is 19.4. The minimum absolute atomic E-state index is 0. The number of anilines is 1. The molecular weight excluding hydrogens is 547 g/mol. The van der Waals surface area contributed by atoms with E-state index in [1.807, 2.05) is 31.0 Å². The second kappa shape index (κ2) is 10.7. The zero-order valence-electron chi connectivity index (χ0n) is 23.2. The van der Waals surface area contributed by atoms with Crippen molar-refractivity contribution in [3.05, 3.63) is 65.6 Å². The summed E-state index contributed by atoms with van der Waals surface area (Å²) in [6.07, 6.45) is 9.03. The van der Waals surface area contributed by atoms with Gasteiger partial charge in [0.2, 0.25) is 0 Å². The number of halogens is 2. The molecule has 0 bridgehead atoms. The molecule has 9 nitrogen and oxygen atoms in total. The van der Waals surface area contributed by atoms with Gasteiger partial charge in [-0.15, -0.1) is 12.4 Å². The van der Waals surface area contributed by atoms with Gasteiger partial charge >= 0.3 is 0 Å². The summed E-state index contributed by atoms with van der Waals surface area (Å²) in [5.74, 6) is 1.69. The summed E-state index contributed by atoms with van der Waals surface area (Å²) in [5.41, 5.74) is 2.66. The van der Waals surface area contributed by atoms with Gasteiger partial charge in [-0.1, -0.05) is 0 Å². The number of carbonyl (C=O) groups is 1. The molecule has 1 saturated heterocycles. The van der Waals surface area contributed by atoms with Crippen LogP contribution in [0.4, 0.5) is 10.2 Å².